The van der Waals surface area contributed by atoms with Gasteiger partial charge in [-0.3, -0.25) is 5.32 Å². The quantitative estimate of drug-likeness (QED) is 0.383. The molecule has 2 atom stereocenters. The molecule has 0 saturated carbocycles. The van der Waals surface area contributed by atoms with Crippen LogP contribution in [0.4, 0.5) is 10.6 Å². The topological polar surface area (TPSA) is 92.2 Å². The van der Waals surface area contributed by atoms with Crippen LogP contribution >= 0.6 is 24.8 Å². The molecule has 10 heteroatoms. The fourth-order valence-electron chi connectivity index (χ4n) is 5.00. The molecule has 2 aromatic carbocycles. The number of para-hydroxylation sites is 1. The zero-order valence-corrected chi connectivity index (χ0v) is 21.3. The van der Waals surface area contributed by atoms with Crippen molar-refractivity contribution in [2.75, 3.05) is 32.1 Å². The van der Waals surface area contributed by atoms with Crippen molar-refractivity contribution in [1.82, 2.24) is 25.7 Å². The number of hydrogen-bond donors (Lipinski definition) is 4. The van der Waals surface area contributed by atoms with Gasteiger partial charge in [-0.15, -0.1) is 24.8 Å². The lowest BCUT2D eigenvalue weighted by molar-refractivity contribution is 0.155. The minimum Gasteiger partial charge on any atom is -0.385 e. The van der Waals surface area contributed by atoms with Gasteiger partial charge in [0.1, 0.15) is 5.82 Å². The van der Waals surface area contributed by atoms with E-state index >= 15 is 0 Å². The van der Waals surface area contributed by atoms with E-state index in [1.165, 1.54) is 5.56 Å². The maximum absolute atomic E-state index is 13.4. The lowest BCUT2D eigenvalue weighted by Gasteiger charge is -2.36. The summed E-state index contributed by atoms with van der Waals surface area (Å²) in [4.78, 5) is 13.4. The minimum atomic E-state index is -0.458. The van der Waals surface area contributed by atoms with Crippen molar-refractivity contribution in [1.29, 1.82) is 0 Å². The SMILES string of the molecule is COCC[C@@]1(NC(=O)Nc2c3c(nn2-c2ccccc2)CNC3)CNC[C@H]1c1ccccc1.Cl.Cl. The highest BCUT2D eigenvalue weighted by molar-refractivity contribution is 5.90. The lowest BCUT2D eigenvalue weighted by atomic mass is 9.79. The van der Waals surface area contributed by atoms with E-state index in [-0.39, 0.29) is 36.8 Å². The number of carbonyl (C=O) groups is 1. The number of benzene rings is 2. The Morgan fingerprint density at radius 2 is 1.80 bits per heavy atom. The van der Waals surface area contributed by atoms with Crippen LogP contribution < -0.4 is 21.3 Å². The first kappa shape index (κ1) is 27.0. The molecule has 0 unspecified atom stereocenters. The molecular weight excluding hydrogens is 487 g/mol. The standard InChI is InChI=1S/C25H30N6O2.2ClH/c1-33-13-12-25(17-27-15-21(25)18-8-4-2-5-9-18)29-24(32)28-23-20-14-26-16-22(20)30-31(23)19-10-6-3-7-11-19;;/h2-11,21,26-27H,12-17H2,1H3,(H2,28,29,32);2*1H/t21-,25+;;/m0../s1. The summed E-state index contributed by atoms with van der Waals surface area (Å²) in [5.74, 6) is 0.855. The van der Waals surface area contributed by atoms with Gasteiger partial charge in [-0.1, -0.05) is 48.5 Å². The van der Waals surface area contributed by atoms with Crippen molar-refractivity contribution < 1.29 is 9.53 Å². The summed E-state index contributed by atoms with van der Waals surface area (Å²) in [6.45, 7) is 3.42. The van der Waals surface area contributed by atoms with E-state index in [2.05, 4.69) is 33.4 Å². The molecule has 4 N–H and O–H groups in total. The third-order valence-electron chi connectivity index (χ3n) is 6.67. The molecule has 5 rings (SSSR count). The van der Waals surface area contributed by atoms with Gasteiger partial charge in [0.05, 0.1) is 16.9 Å². The van der Waals surface area contributed by atoms with Crippen molar-refractivity contribution in [2.24, 2.45) is 0 Å². The maximum atomic E-state index is 13.4. The van der Waals surface area contributed by atoms with Crippen molar-refractivity contribution >= 4 is 36.7 Å². The summed E-state index contributed by atoms with van der Waals surface area (Å²) in [5, 5.41) is 18.0. The Bertz CT molecular complexity index is 1110. The van der Waals surface area contributed by atoms with E-state index < -0.39 is 5.54 Å². The number of fused-ring (bicyclic) bond motifs is 1. The lowest BCUT2D eigenvalue weighted by Crippen LogP contribution is -2.55. The predicted molar refractivity (Wildman–Crippen MR) is 142 cm³/mol. The van der Waals surface area contributed by atoms with Gasteiger partial charge in [0.25, 0.3) is 0 Å². The Hall–Kier alpha value is -2.62. The predicted octanol–water partition coefficient (Wildman–Crippen LogP) is 3.60. The molecule has 2 aliphatic heterocycles. The van der Waals surface area contributed by atoms with Crippen LogP contribution in [0, 0.1) is 0 Å². The highest BCUT2D eigenvalue weighted by Crippen LogP contribution is 2.35. The molecule has 0 radical (unpaired) electrons. The van der Waals surface area contributed by atoms with Gasteiger partial charge in [0.2, 0.25) is 0 Å². The molecule has 3 aromatic rings. The van der Waals surface area contributed by atoms with Crippen LogP contribution in [0.1, 0.15) is 29.2 Å². The van der Waals surface area contributed by atoms with E-state index in [1.807, 2.05) is 53.2 Å². The molecule has 188 valence electrons. The summed E-state index contributed by atoms with van der Waals surface area (Å²) in [7, 11) is 1.70. The number of amides is 2. The molecule has 35 heavy (non-hydrogen) atoms. The van der Waals surface area contributed by atoms with Gasteiger partial charge in [0.15, 0.2) is 0 Å². The highest BCUT2D eigenvalue weighted by atomic mass is 35.5. The Morgan fingerprint density at radius 1 is 1.09 bits per heavy atom. The average molecular weight is 519 g/mol. The Balaban J connectivity index is 0.00000171. The molecule has 0 aliphatic carbocycles. The van der Waals surface area contributed by atoms with Crippen molar-refractivity contribution in [2.45, 2.75) is 31.0 Å². The second-order valence-electron chi connectivity index (χ2n) is 8.70. The first-order valence-electron chi connectivity index (χ1n) is 11.4. The first-order valence-corrected chi connectivity index (χ1v) is 11.4. The van der Waals surface area contributed by atoms with Crippen LogP contribution in [0.15, 0.2) is 60.7 Å². The number of nitrogens with one attached hydrogen (secondary N) is 4. The number of aromatic nitrogens is 2. The fourth-order valence-corrected chi connectivity index (χ4v) is 5.00. The normalized spacial score (nSPS) is 20.4. The van der Waals surface area contributed by atoms with Gasteiger partial charge in [-0.05, 0) is 24.1 Å². The second kappa shape index (κ2) is 11.9. The Kier molecular flexibility index (Phi) is 9.15. The van der Waals surface area contributed by atoms with Crippen LogP contribution in [-0.4, -0.2) is 48.2 Å². The average Bonchev–Trinajstić information content (AvgIpc) is 3.55. The van der Waals surface area contributed by atoms with Crippen molar-refractivity contribution in [3.05, 3.63) is 77.5 Å². The van der Waals surface area contributed by atoms with Crippen molar-refractivity contribution in [3.8, 4) is 5.69 Å². The number of nitrogens with zero attached hydrogens (tertiary/aromatic N) is 2. The number of carbonyl (C=O) groups excluding carboxylic acids is 1. The minimum absolute atomic E-state index is 0. The van der Waals surface area contributed by atoms with E-state index in [1.54, 1.807) is 7.11 Å². The molecule has 1 fully saturated rings. The van der Waals surface area contributed by atoms with E-state index in [0.29, 0.717) is 38.5 Å². The van der Waals surface area contributed by atoms with Gasteiger partial charge < -0.3 is 20.7 Å². The summed E-state index contributed by atoms with van der Waals surface area (Å²) in [6, 6.07) is 20.0. The van der Waals surface area contributed by atoms with Crippen LogP contribution in [-0.2, 0) is 17.8 Å². The van der Waals surface area contributed by atoms with Gasteiger partial charge in [0, 0.05) is 51.4 Å². The molecule has 3 heterocycles. The number of urea groups is 1. The van der Waals surface area contributed by atoms with Crippen LogP contribution in [0.25, 0.3) is 5.69 Å². The second-order valence-corrected chi connectivity index (χ2v) is 8.70. The number of rotatable bonds is 7. The first-order chi connectivity index (χ1) is 16.2. The zero-order chi connectivity index (χ0) is 22.7. The monoisotopic (exact) mass is 518 g/mol. The molecule has 1 saturated heterocycles. The molecule has 0 spiro atoms. The smallest absolute Gasteiger partial charge is 0.320 e. The third-order valence-corrected chi connectivity index (χ3v) is 6.67. The molecular formula is C25H32Cl2N6O2. The summed E-state index contributed by atoms with van der Waals surface area (Å²) in [6.07, 6.45) is 0.709. The maximum Gasteiger partial charge on any atom is 0.320 e. The van der Waals surface area contributed by atoms with Crippen LogP contribution in [0.3, 0.4) is 0 Å². The molecule has 2 amide bonds. The molecule has 1 aromatic heterocycles. The van der Waals surface area contributed by atoms with E-state index in [9.17, 15) is 4.79 Å². The number of methoxy groups -OCH3 is 1. The highest BCUT2D eigenvalue weighted by Gasteiger charge is 2.44. The molecule has 2 aliphatic rings. The number of hydrogen-bond acceptors (Lipinski definition) is 5. The van der Waals surface area contributed by atoms with Gasteiger partial charge in [-0.2, -0.15) is 5.10 Å². The van der Waals surface area contributed by atoms with Gasteiger partial charge in [-0.25, -0.2) is 9.48 Å². The fraction of sp³-hybridized carbons (Fsp3) is 0.360. The van der Waals surface area contributed by atoms with E-state index in [0.717, 1.165) is 23.5 Å². The Morgan fingerprint density at radius 3 is 2.51 bits per heavy atom. The number of anilines is 1. The number of ether oxygens (including phenoxy) is 1. The summed E-state index contributed by atoms with van der Waals surface area (Å²) in [5.41, 5.74) is 3.66. The summed E-state index contributed by atoms with van der Waals surface area (Å²) >= 11 is 0. The molecule has 0 bridgehead atoms. The van der Waals surface area contributed by atoms with Crippen LogP contribution in [0.5, 0.6) is 0 Å². The number of halogens is 2. The van der Waals surface area contributed by atoms with E-state index in [4.69, 9.17) is 9.84 Å². The third kappa shape index (κ3) is 5.47. The summed E-state index contributed by atoms with van der Waals surface area (Å²) < 4.78 is 7.24. The van der Waals surface area contributed by atoms with Gasteiger partial charge >= 0.3 is 6.03 Å². The largest absolute Gasteiger partial charge is 0.385 e. The Labute approximate surface area is 218 Å². The van der Waals surface area contributed by atoms with Crippen molar-refractivity contribution in [3.63, 3.8) is 0 Å². The van der Waals surface area contributed by atoms with Crippen LogP contribution in [0.2, 0.25) is 0 Å². The molecule has 8 nitrogen and oxygen atoms in total. The zero-order valence-electron chi connectivity index (χ0n) is 19.6.